The average molecular weight is 445 g/mol. The quantitative estimate of drug-likeness (QED) is 0.512. The van der Waals surface area contributed by atoms with E-state index in [0.717, 1.165) is 0 Å². The number of hydrogen-bond donors (Lipinski definition) is 1. The zero-order valence-corrected chi connectivity index (χ0v) is 17.5. The maximum atomic E-state index is 13.1. The SMILES string of the molecule is COCCn1nc2n(c1=O)CC1(CCN(C(=O)c3cccn4cnnc34)C1)OC2.O=CO. The highest BCUT2D eigenvalue weighted by atomic mass is 16.5. The zero-order chi connectivity index (χ0) is 22.7. The fourth-order valence-electron chi connectivity index (χ4n) is 4.08. The van der Waals surface area contributed by atoms with Gasteiger partial charge in [-0.15, -0.1) is 10.2 Å². The van der Waals surface area contributed by atoms with Crippen molar-refractivity contribution in [3.63, 3.8) is 0 Å². The lowest BCUT2D eigenvalue weighted by atomic mass is 10.0. The van der Waals surface area contributed by atoms with Gasteiger partial charge in [-0.2, -0.15) is 5.10 Å². The maximum absolute atomic E-state index is 13.1. The molecule has 3 aromatic heterocycles. The molecule has 1 amide bonds. The van der Waals surface area contributed by atoms with Gasteiger partial charge in [0.1, 0.15) is 18.5 Å². The maximum Gasteiger partial charge on any atom is 0.346 e. The number of aromatic nitrogens is 6. The van der Waals surface area contributed by atoms with Crippen LogP contribution in [-0.2, 0) is 34.0 Å². The van der Waals surface area contributed by atoms with E-state index in [2.05, 4.69) is 15.3 Å². The van der Waals surface area contributed by atoms with Crippen LogP contribution < -0.4 is 5.69 Å². The fourth-order valence-corrected chi connectivity index (χ4v) is 4.08. The van der Waals surface area contributed by atoms with Crippen molar-refractivity contribution in [1.82, 2.24) is 33.8 Å². The minimum atomic E-state index is -0.583. The summed E-state index contributed by atoms with van der Waals surface area (Å²) in [5.41, 5.74) is 0.280. The lowest BCUT2D eigenvalue weighted by molar-refractivity contribution is -0.122. The molecule has 0 bridgehead atoms. The zero-order valence-electron chi connectivity index (χ0n) is 17.5. The second-order valence-electron chi connectivity index (χ2n) is 7.54. The van der Waals surface area contributed by atoms with Gasteiger partial charge in [-0.3, -0.25) is 18.6 Å². The van der Waals surface area contributed by atoms with Gasteiger partial charge in [0.25, 0.3) is 12.4 Å². The Morgan fingerprint density at radius 1 is 1.41 bits per heavy atom. The Bertz CT molecular complexity index is 1180. The van der Waals surface area contributed by atoms with Gasteiger partial charge in [0, 0.05) is 19.9 Å². The second kappa shape index (κ2) is 8.88. The van der Waals surface area contributed by atoms with E-state index < -0.39 is 5.60 Å². The molecule has 13 nitrogen and oxygen atoms in total. The first-order valence-corrected chi connectivity index (χ1v) is 9.97. The predicted octanol–water partition coefficient (Wildman–Crippen LogP) is -0.750. The van der Waals surface area contributed by atoms with E-state index in [-0.39, 0.29) is 24.7 Å². The third kappa shape index (κ3) is 3.87. The monoisotopic (exact) mass is 445 g/mol. The highest BCUT2D eigenvalue weighted by Gasteiger charge is 2.45. The van der Waals surface area contributed by atoms with Crippen LogP contribution >= 0.6 is 0 Å². The summed E-state index contributed by atoms with van der Waals surface area (Å²) in [5.74, 6) is 0.493. The van der Waals surface area contributed by atoms with Gasteiger partial charge >= 0.3 is 5.69 Å². The first-order chi connectivity index (χ1) is 15.5. The predicted molar refractivity (Wildman–Crippen MR) is 108 cm³/mol. The molecular formula is C19H23N7O6. The smallest absolute Gasteiger partial charge is 0.346 e. The number of hydrogen-bond acceptors (Lipinski definition) is 8. The number of ether oxygens (including phenoxy) is 2. The van der Waals surface area contributed by atoms with Crippen LogP contribution in [0.4, 0.5) is 0 Å². The van der Waals surface area contributed by atoms with Crippen molar-refractivity contribution in [1.29, 1.82) is 0 Å². The molecule has 1 fully saturated rings. The third-order valence-electron chi connectivity index (χ3n) is 5.62. The molecular weight excluding hydrogens is 422 g/mol. The number of carbonyl (C=O) groups is 2. The lowest BCUT2D eigenvalue weighted by Gasteiger charge is -2.33. The van der Waals surface area contributed by atoms with Crippen LogP contribution in [0, 0.1) is 0 Å². The molecule has 13 heteroatoms. The van der Waals surface area contributed by atoms with Crippen molar-refractivity contribution in [3.8, 4) is 0 Å². The Hall–Kier alpha value is -3.58. The summed E-state index contributed by atoms with van der Waals surface area (Å²) in [4.78, 5) is 35.9. The van der Waals surface area contributed by atoms with E-state index in [1.807, 2.05) is 0 Å². The fraction of sp³-hybridized carbons (Fsp3) is 0.474. The summed E-state index contributed by atoms with van der Waals surface area (Å²) in [6, 6.07) is 3.55. The highest BCUT2D eigenvalue weighted by molar-refractivity contribution is 5.99. The normalized spacial score (nSPS) is 19.6. The number of pyridine rings is 1. The molecule has 0 aromatic carbocycles. The van der Waals surface area contributed by atoms with Gasteiger partial charge in [-0.25, -0.2) is 9.48 Å². The van der Waals surface area contributed by atoms with Gasteiger partial charge in [-0.1, -0.05) is 0 Å². The molecule has 1 atom stereocenters. The van der Waals surface area contributed by atoms with Crippen molar-refractivity contribution in [2.24, 2.45) is 0 Å². The molecule has 0 saturated carbocycles. The van der Waals surface area contributed by atoms with Crippen LogP contribution in [0.5, 0.6) is 0 Å². The van der Waals surface area contributed by atoms with Crippen LogP contribution in [0.3, 0.4) is 0 Å². The molecule has 2 aliphatic heterocycles. The van der Waals surface area contributed by atoms with Crippen LogP contribution in [-0.4, -0.2) is 83.7 Å². The largest absolute Gasteiger partial charge is 0.483 e. The lowest BCUT2D eigenvalue weighted by Crippen LogP contribution is -2.47. The molecule has 1 unspecified atom stereocenters. The van der Waals surface area contributed by atoms with Gasteiger partial charge in [0.15, 0.2) is 11.5 Å². The van der Waals surface area contributed by atoms with Crippen LogP contribution in [0.25, 0.3) is 5.65 Å². The number of carbonyl (C=O) groups excluding carboxylic acids is 1. The Labute approximate surface area is 181 Å². The number of amides is 1. The van der Waals surface area contributed by atoms with Crippen molar-refractivity contribution >= 4 is 18.0 Å². The summed E-state index contributed by atoms with van der Waals surface area (Å²) in [5, 5.41) is 19.1. The first kappa shape index (κ1) is 21.6. The van der Waals surface area contributed by atoms with Crippen molar-refractivity contribution < 1.29 is 24.2 Å². The summed E-state index contributed by atoms with van der Waals surface area (Å²) in [6.45, 7) is 2.16. The van der Waals surface area contributed by atoms with Crippen molar-refractivity contribution in [2.45, 2.75) is 31.7 Å². The Kier molecular flexibility index (Phi) is 6.01. The van der Waals surface area contributed by atoms with Gasteiger partial charge in [0.2, 0.25) is 0 Å². The minimum Gasteiger partial charge on any atom is -0.483 e. The molecule has 2 aliphatic rings. The van der Waals surface area contributed by atoms with Crippen molar-refractivity contribution in [2.75, 3.05) is 26.8 Å². The first-order valence-electron chi connectivity index (χ1n) is 9.97. The summed E-state index contributed by atoms with van der Waals surface area (Å²) in [6.07, 6.45) is 4.03. The molecule has 32 heavy (non-hydrogen) atoms. The van der Waals surface area contributed by atoms with E-state index in [1.165, 1.54) is 4.68 Å². The van der Waals surface area contributed by atoms with E-state index in [9.17, 15) is 9.59 Å². The molecule has 1 spiro atoms. The van der Waals surface area contributed by atoms with Crippen LogP contribution in [0.2, 0.25) is 0 Å². The van der Waals surface area contributed by atoms with Crippen molar-refractivity contribution in [3.05, 3.63) is 46.5 Å². The topological polar surface area (TPSA) is 146 Å². The van der Waals surface area contributed by atoms with E-state index in [1.54, 1.807) is 45.6 Å². The summed E-state index contributed by atoms with van der Waals surface area (Å²) < 4.78 is 15.9. The molecule has 5 heterocycles. The number of rotatable bonds is 4. The van der Waals surface area contributed by atoms with Crippen LogP contribution in [0.1, 0.15) is 22.6 Å². The van der Waals surface area contributed by atoms with E-state index >= 15 is 0 Å². The van der Waals surface area contributed by atoms with Gasteiger partial charge < -0.3 is 19.5 Å². The molecule has 0 aliphatic carbocycles. The molecule has 1 N–H and O–H groups in total. The van der Waals surface area contributed by atoms with Gasteiger partial charge in [0.05, 0.1) is 31.8 Å². The summed E-state index contributed by atoms with van der Waals surface area (Å²) in [7, 11) is 1.59. The molecule has 5 rings (SSSR count). The summed E-state index contributed by atoms with van der Waals surface area (Å²) >= 11 is 0. The number of carboxylic acid groups (broad SMARTS) is 1. The number of likely N-dealkylation sites (tertiary alicyclic amines) is 1. The van der Waals surface area contributed by atoms with E-state index in [4.69, 9.17) is 19.4 Å². The second-order valence-corrected chi connectivity index (χ2v) is 7.54. The number of methoxy groups -OCH3 is 1. The third-order valence-corrected chi connectivity index (χ3v) is 5.62. The Balaban J connectivity index is 0.000000775. The Morgan fingerprint density at radius 3 is 3.00 bits per heavy atom. The minimum absolute atomic E-state index is 0.113. The molecule has 1 saturated heterocycles. The van der Waals surface area contributed by atoms with Crippen LogP contribution in [0.15, 0.2) is 29.5 Å². The van der Waals surface area contributed by atoms with E-state index in [0.29, 0.717) is 56.2 Å². The molecule has 3 aromatic rings. The standard InChI is InChI=1S/C18H21N7O4.CH2O2/c1-28-8-7-25-17(27)24-11-18(29-9-14(24)21-25)4-6-22(10-18)16(26)13-3-2-5-23-12-19-20-15(13)23;2-1-3/h2-3,5,12H,4,6-11H2,1H3;1H,(H,2,3). The number of nitrogens with zero attached hydrogens (tertiary/aromatic N) is 7. The average Bonchev–Trinajstić information content (AvgIpc) is 3.51. The Morgan fingerprint density at radius 2 is 2.22 bits per heavy atom. The van der Waals surface area contributed by atoms with Gasteiger partial charge in [-0.05, 0) is 18.6 Å². The molecule has 170 valence electrons. The number of fused-ring (bicyclic) bond motifs is 2. The highest BCUT2D eigenvalue weighted by Crippen LogP contribution is 2.32. The molecule has 0 radical (unpaired) electrons.